The quantitative estimate of drug-likeness (QED) is 0.552. The SMILES string of the molecule is CCN(CC(=O)Nc1ccc2c(c1)OCCO2)C(=O)/C(=C\c1ccccc1)n1nnnc1C. The molecule has 2 amide bonds. The number of carbonyl (C=O) groups excluding carboxylic acids is 2. The lowest BCUT2D eigenvalue weighted by Gasteiger charge is -2.22. The van der Waals surface area contributed by atoms with Gasteiger partial charge in [-0.2, -0.15) is 4.68 Å². The van der Waals surface area contributed by atoms with E-state index in [1.165, 1.54) is 9.58 Å². The minimum atomic E-state index is -0.367. The molecule has 0 unspecified atom stereocenters. The number of likely N-dealkylation sites (N-methyl/N-ethyl adjacent to an activating group) is 1. The predicted molar refractivity (Wildman–Crippen MR) is 121 cm³/mol. The Morgan fingerprint density at radius 1 is 1.12 bits per heavy atom. The average molecular weight is 448 g/mol. The van der Waals surface area contributed by atoms with Crippen LogP contribution in [0.25, 0.3) is 11.8 Å². The maximum Gasteiger partial charge on any atom is 0.273 e. The van der Waals surface area contributed by atoms with Crippen molar-refractivity contribution in [2.75, 3.05) is 31.6 Å². The number of hydrogen-bond donors (Lipinski definition) is 1. The highest BCUT2D eigenvalue weighted by Gasteiger charge is 2.24. The molecular weight excluding hydrogens is 424 g/mol. The summed E-state index contributed by atoms with van der Waals surface area (Å²) in [5.41, 5.74) is 1.62. The molecule has 10 heteroatoms. The van der Waals surface area contributed by atoms with E-state index in [2.05, 4.69) is 20.8 Å². The number of fused-ring (bicyclic) bond motifs is 1. The Morgan fingerprint density at radius 3 is 2.58 bits per heavy atom. The summed E-state index contributed by atoms with van der Waals surface area (Å²) in [6.07, 6.45) is 1.70. The predicted octanol–water partition coefficient (Wildman–Crippen LogP) is 2.24. The number of carbonyl (C=O) groups is 2. The first kappa shape index (κ1) is 22.0. The fourth-order valence-electron chi connectivity index (χ4n) is 3.36. The van der Waals surface area contributed by atoms with Crippen molar-refractivity contribution in [1.82, 2.24) is 25.1 Å². The first-order valence-corrected chi connectivity index (χ1v) is 10.6. The number of aromatic nitrogens is 4. The van der Waals surface area contributed by atoms with E-state index >= 15 is 0 Å². The van der Waals surface area contributed by atoms with Gasteiger partial charge in [-0.1, -0.05) is 30.3 Å². The molecule has 1 aliphatic rings. The highest BCUT2D eigenvalue weighted by Crippen LogP contribution is 2.32. The van der Waals surface area contributed by atoms with Crippen molar-refractivity contribution in [3.63, 3.8) is 0 Å². The molecule has 33 heavy (non-hydrogen) atoms. The van der Waals surface area contributed by atoms with Crippen LogP contribution in [0.1, 0.15) is 18.3 Å². The molecule has 170 valence electrons. The molecule has 0 atom stereocenters. The van der Waals surface area contributed by atoms with Crippen LogP contribution < -0.4 is 14.8 Å². The minimum Gasteiger partial charge on any atom is -0.486 e. The summed E-state index contributed by atoms with van der Waals surface area (Å²) in [4.78, 5) is 27.6. The van der Waals surface area contributed by atoms with Crippen molar-refractivity contribution < 1.29 is 19.1 Å². The second-order valence-electron chi connectivity index (χ2n) is 7.30. The van der Waals surface area contributed by atoms with Crippen LogP contribution in [0.5, 0.6) is 11.5 Å². The van der Waals surface area contributed by atoms with Crippen molar-refractivity contribution in [3.05, 3.63) is 59.9 Å². The van der Waals surface area contributed by atoms with E-state index in [0.717, 1.165) is 5.56 Å². The van der Waals surface area contributed by atoms with E-state index in [0.29, 0.717) is 42.8 Å². The molecule has 0 saturated heterocycles. The molecule has 3 aromatic rings. The fraction of sp³-hybridized carbons (Fsp3) is 0.261. The summed E-state index contributed by atoms with van der Waals surface area (Å²) in [5.74, 6) is 0.965. The standard InChI is InChI=1S/C23H24N6O4/c1-3-28(15-22(30)24-18-9-10-20-21(14-18)33-12-11-32-20)23(31)19(29-16(2)25-26-27-29)13-17-7-5-4-6-8-17/h4-10,13-14H,3,11-12,15H2,1-2H3,(H,24,30)/b19-13+. The first-order valence-electron chi connectivity index (χ1n) is 10.6. The molecule has 1 N–H and O–H groups in total. The molecule has 0 fully saturated rings. The van der Waals surface area contributed by atoms with Gasteiger partial charge >= 0.3 is 0 Å². The van der Waals surface area contributed by atoms with Gasteiger partial charge in [0.15, 0.2) is 17.3 Å². The molecule has 10 nitrogen and oxygen atoms in total. The number of rotatable bonds is 7. The average Bonchev–Trinajstić information content (AvgIpc) is 3.26. The van der Waals surface area contributed by atoms with Crippen molar-refractivity contribution in [2.45, 2.75) is 13.8 Å². The normalized spacial score (nSPS) is 12.8. The lowest BCUT2D eigenvalue weighted by Crippen LogP contribution is -2.39. The van der Waals surface area contributed by atoms with Gasteiger partial charge in [0.2, 0.25) is 5.91 Å². The first-order chi connectivity index (χ1) is 16.0. The van der Waals surface area contributed by atoms with Crippen LogP contribution in [-0.2, 0) is 9.59 Å². The zero-order valence-electron chi connectivity index (χ0n) is 18.4. The second kappa shape index (κ2) is 9.94. The van der Waals surface area contributed by atoms with Crippen molar-refractivity contribution in [3.8, 4) is 11.5 Å². The van der Waals surface area contributed by atoms with Crippen LogP contribution >= 0.6 is 0 Å². The highest BCUT2D eigenvalue weighted by molar-refractivity contribution is 6.19. The molecule has 2 heterocycles. The number of aryl methyl sites for hydroxylation is 1. The number of nitrogens with zero attached hydrogens (tertiary/aromatic N) is 5. The Bertz CT molecular complexity index is 1170. The smallest absolute Gasteiger partial charge is 0.273 e. The lowest BCUT2D eigenvalue weighted by molar-refractivity contribution is -0.129. The largest absolute Gasteiger partial charge is 0.486 e. The van der Waals surface area contributed by atoms with Gasteiger partial charge in [-0.3, -0.25) is 9.59 Å². The van der Waals surface area contributed by atoms with Crippen LogP contribution in [-0.4, -0.2) is 63.2 Å². The molecule has 0 aliphatic carbocycles. The number of amides is 2. The van der Waals surface area contributed by atoms with Gasteiger partial charge in [-0.25, -0.2) is 0 Å². The van der Waals surface area contributed by atoms with E-state index in [1.54, 1.807) is 31.2 Å². The number of benzene rings is 2. The number of hydrogen-bond acceptors (Lipinski definition) is 7. The third kappa shape index (κ3) is 5.17. The monoisotopic (exact) mass is 448 g/mol. The molecule has 1 aromatic heterocycles. The summed E-state index contributed by atoms with van der Waals surface area (Å²) in [6.45, 7) is 4.64. The lowest BCUT2D eigenvalue weighted by atomic mass is 10.2. The van der Waals surface area contributed by atoms with Crippen molar-refractivity contribution in [1.29, 1.82) is 0 Å². The van der Waals surface area contributed by atoms with E-state index in [1.807, 2.05) is 37.3 Å². The topological polar surface area (TPSA) is 111 Å². The van der Waals surface area contributed by atoms with Crippen molar-refractivity contribution >= 4 is 29.3 Å². The number of ether oxygens (including phenoxy) is 2. The molecule has 0 bridgehead atoms. The number of nitrogens with one attached hydrogen (secondary N) is 1. The van der Waals surface area contributed by atoms with Gasteiger partial charge in [0.1, 0.15) is 25.5 Å². The number of tetrazole rings is 1. The van der Waals surface area contributed by atoms with Crippen molar-refractivity contribution in [2.24, 2.45) is 0 Å². The van der Waals surface area contributed by atoms with Gasteiger partial charge in [0.25, 0.3) is 5.91 Å². The van der Waals surface area contributed by atoms with E-state index < -0.39 is 0 Å². The fourth-order valence-corrected chi connectivity index (χ4v) is 3.36. The summed E-state index contributed by atoms with van der Waals surface area (Å²) < 4.78 is 12.4. The van der Waals surface area contributed by atoms with E-state index in [-0.39, 0.29) is 24.1 Å². The zero-order valence-corrected chi connectivity index (χ0v) is 18.4. The maximum absolute atomic E-state index is 13.4. The Morgan fingerprint density at radius 2 is 1.88 bits per heavy atom. The highest BCUT2D eigenvalue weighted by atomic mass is 16.6. The third-order valence-electron chi connectivity index (χ3n) is 5.01. The maximum atomic E-state index is 13.4. The summed E-state index contributed by atoms with van der Waals surface area (Å²) in [7, 11) is 0. The Labute approximate surface area is 190 Å². The Hall–Kier alpha value is -4.21. The number of anilines is 1. The zero-order chi connectivity index (χ0) is 23.2. The molecule has 4 rings (SSSR count). The molecule has 2 aromatic carbocycles. The van der Waals surface area contributed by atoms with Crippen LogP contribution in [0, 0.1) is 6.92 Å². The van der Waals surface area contributed by atoms with Gasteiger partial charge in [0, 0.05) is 18.3 Å². The molecular formula is C23H24N6O4. The molecule has 0 radical (unpaired) electrons. The molecule has 1 aliphatic heterocycles. The van der Waals surface area contributed by atoms with Crippen LogP contribution in [0.15, 0.2) is 48.5 Å². The Balaban J connectivity index is 1.52. The van der Waals surface area contributed by atoms with E-state index in [9.17, 15) is 9.59 Å². The van der Waals surface area contributed by atoms with Crippen LogP contribution in [0.4, 0.5) is 5.69 Å². The Kier molecular flexibility index (Phi) is 6.63. The summed E-state index contributed by atoms with van der Waals surface area (Å²) in [6, 6.07) is 14.6. The molecule has 0 spiro atoms. The third-order valence-corrected chi connectivity index (χ3v) is 5.01. The van der Waals surface area contributed by atoms with Crippen LogP contribution in [0.3, 0.4) is 0 Å². The van der Waals surface area contributed by atoms with Gasteiger partial charge < -0.3 is 19.7 Å². The second-order valence-corrected chi connectivity index (χ2v) is 7.30. The van der Waals surface area contributed by atoms with Gasteiger partial charge in [-0.15, -0.1) is 5.10 Å². The van der Waals surface area contributed by atoms with Crippen LogP contribution in [0.2, 0.25) is 0 Å². The summed E-state index contributed by atoms with van der Waals surface area (Å²) in [5, 5.41) is 14.3. The van der Waals surface area contributed by atoms with Gasteiger partial charge in [0.05, 0.1) is 0 Å². The van der Waals surface area contributed by atoms with E-state index in [4.69, 9.17) is 9.47 Å². The minimum absolute atomic E-state index is 0.142. The summed E-state index contributed by atoms with van der Waals surface area (Å²) >= 11 is 0. The molecule has 0 saturated carbocycles. The van der Waals surface area contributed by atoms with Gasteiger partial charge in [-0.05, 0) is 48.0 Å².